The molecular formula is C18H27N5O4. The predicted molar refractivity (Wildman–Crippen MR) is 101 cm³/mol. The highest BCUT2D eigenvalue weighted by atomic mass is 16.5. The van der Waals surface area contributed by atoms with Crippen LogP contribution in [0.4, 0.5) is 4.79 Å². The summed E-state index contributed by atoms with van der Waals surface area (Å²) in [6.45, 7) is 7.49. The van der Waals surface area contributed by atoms with Crippen LogP contribution < -0.4 is 10.6 Å². The minimum atomic E-state index is -0.487. The Morgan fingerprint density at radius 2 is 2.11 bits per heavy atom. The van der Waals surface area contributed by atoms with Crippen LogP contribution in [0.3, 0.4) is 0 Å². The molecule has 148 valence electrons. The second kappa shape index (κ2) is 11.8. The summed E-state index contributed by atoms with van der Waals surface area (Å²) in [7, 11) is 0. The van der Waals surface area contributed by atoms with Crippen LogP contribution in [0.1, 0.15) is 32.8 Å². The molecule has 0 aliphatic carbocycles. The number of rotatable bonds is 5. The smallest absolute Gasteiger partial charge is 0.407 e. The maximum Gasteiger partial charge on any atom is 0.407 e. The molecule has 2 atom stereocenters. The van der Waals surface area contributed by atoms with Crippen LogP contribution >= 0.6 is 0 Å². The molecule has 1 amide bonds. The summed E-state index contributed by atoms with van der Waals surface area (Å²) >= 11 is 0. The van der Waals surface area contributed by atoms with Gasteiger partial charge in [0.2, 0.25) is 0 Å². The highest BCUT2D eigenvalue weighted by Crippen LogP contribution is 2.09. The average molecular weight is 377 g/mol. The van der Waals surface area contributed by atoms with E-state index in [1.807, 2.05) is 51.1 Å². The first-order chi connectivity index (χ1) is 12.9. The number of azide groups is 1. The molecule has 1 heterocycles. The van der Waals surface area contributed by atoms with Gasteiger partial charge >= 0.3 is 6.09 Å². The standard InChI is InChI=1S/C13H17N5O2.C5H10O2/c14-18-17-12-8-15-7-6-11(12)16-13(19)20-9-10-4-2-1-3-5-10;1-5(2,3)7-4-6/h1-5,11-12,15H,6-9H2,(H,16,19);4H,1-3H3. The predicted octanol–water partition coefficient (Wildman–Crippen LogP) is 2.91. The zero-order valence-electron chi connectivity index (χ0n) is 15.9. The van der Waals surface area contributed by atoms with Crippen molar-refractivity contribution in [1.82, 2.24) is 10.6 Å². The lowest BCUT2D eigenvalue weighted by atomic mass is 10.0. The molecule has 9 heteroatoms. The first-order valence-corrected chi connectivity index (χ1v) is 8.69. The first-order valence-electron chi connectivity index (χ1n) is 8.69. The summed E-state index contributed by atoms with van der Waals surface area (Å²) in [6, 6.07) is 9.00. The number of carbonyl (C=O) groups excluding carboxylic acids is 2. The van der Waals surface area contributed by atoms with Gasteiger partial charge in [-0.2, -0.15) is 0 Å². The first kappa shape index (κ1) is 22.3. The van der Waals surface area contributed by atoms with Crippen molar-refractivity contribution < 1.29 is 19.1 Å². The Morgan fingerprint density at radius 3 is 2.67 bits per heavy atom. The van der Waals surface area contributed by atoms with E-state index in [0.29, 0.717) is 19.4 Å². The Bertz CT molecular complexity index is 626. The van der Waals surface area contributed by atoms with Gasteiger partial charge < -0.3 is 20.1 Å². The summed E-state index contributed by atoms with van der Waals surface area (Å²) in [6.07, 6.45) is 0.225. The average Bonchev–Trinajstić information content (AvgIpc) is 2.62. The van der Waals surface area contributed by atoms with Gasteiger partial charge in [-0.05, 0) is 44.8 Å². The van der Waals surface area contributed by atoms with E-state index in [4.69, 9.17) is 10.3 Å². The van der Waals surface area contributed by atoms with Crippen LogP contribution in [0.25, 0.3) is 10.4 Å². The molecule has 0 radical (unpaired) electrons. The minimum Gasteiger partial charge on any atom is -0.462 e. The monoisotopic (exact) mass is 377 g/mol. The summed E-state index contributed by atoms with van der Waals surface area (Å²) in [5.74, 6) is 0. The summed E-state index contributed by atoms with van der Waals surface area (Å²) in [5.41, 5.74) is 9.12. The van der Waals surface area contributed by atoms with E-state index in [1.165, 1.54) is 0 Å². The third kappa shape index (κ3) is 10.1. The van der Waals surface area contributed by atoms with Crippen molar-refractivity contribution in [2.24, 2.45) is 5.11 Å². The fourth-order valence-corrected chi connectivity index (χ4v) is 2.26. The fraction of sp³-hybridized carbons (Fsp3) is 0.556. The zero-order valence-corrected chi connectivity index (χ0v) is 15.9. The third-order valence-corrected chi connectivity index (χ3v) is 3.57. The molecule has 9 nitrogen and oxygen atoms in total. The molecule has 1 aromatic rings. The molecule has 27 heavy (non-hydrogen) atoms. The van der Waals surface area contributed by atoms with Gasteiger partial charge in [0.15, 0.2) is 0 Å². The Hall–Kier alpha value is -2.77. The van der Waals surface area contributed by atoms with Crippen molar-refractivity contribution in [3.63, 3.8) is 0 Å². The largest absolute Gasteiger partial charge is 0.462 e. The van der Waals surface area contributed by atoms with Gasteiger partial charge in [0, 0.05) is 17.5 Å². The van der Waals surface area contributed by atoms with Crippen LogP contribution in [0.5, 0.6) is 0 Å². The zero-order chi connectivity index (χ0) is 20.1. The summed E-state index contributed by atoms with van der Waals surface area (Å²) in [5, 5.41) is 9.57. The molecule has 1 aliphatic heterocycles. The highest BCUT2D eigenvalue weighted by molar-refractivity contribution is 5.67. The molecule has 0 saturated carbocycles. The van der Waals surface area contributed by atoms with Crippen LogP contribution in [0, 0.1) is 0 Å². The lowest BCUT2D eigenvalue weighted by Gasteiger charge is -2.29. The normalized spacial score (nSPS) is 18.8. The van der Waals surface area contributed by atoms with Crippen molar-refractivity contribution in [1.29, 1.82) is 0 Å². The number of alkyl carbamates (subject to hydrolysis) is 1. The Kier molecular flexibility index (Phi) is 9.71. The van der Waals surface area contributed by atoms with E-state index in [1.54, 1.807) is 0 Å². The molecule has 1 aromatic carbocycles. The lowest BCUT2D eigenvalue weighted by Crippen LogP contribution is -2.51. The van der Waals surface area contributed by atoms with Gasteiger partial charge in [0.1, 0.15) is 12.2 Å². The maximum atomic E-state index is 11.7. The quantitative estimate of drug-likeness (QED) is 0.353. The van der Waals surface area contributed by atoms with E-state index in [9.17, 15) is 9.59 Å². The van der Waals surface area contributed by atoms with Gasteiger partial charge in [0.25, 0.3) is 6.47 Å². The lowest BCUT2D eigenvalue weighted by molar-refractivity contribution is -0.138. The number of hydrogen-bond donors (Lipinski definition) is 2. The minimum absolute atomic E-state index is 0.185. The molecule has 1 fully saturated rings. The topological polar surface area (TPSA) is 125 Å². The van der Waals surface area contributed by atoms with E-state index < -0.39 is 6.09 Å². The second-order valence-electron chi connectivity index (χ2n) is 6.90. The van der Waals surface area contributed by atoms with Crippen LogP contribution in [-0.2, 0) is 20.9 Å². The SMILES string of the molecule is CC(C)(C)OC=O.[N-]=[N+]=NC1CNCCC1NC(=O)OCc1ccccc1. The number of benzene rings is 1. The molecule has 0 spiro atoms. The molecule has 2 unspecified atom stereocenters. The van der Waals surface area contributed by atoms with Gasteiger partial charge in [-0.3, -0.25) is 4.79 Å². The number of carbonyl (C=O) groups is 2. The maximum absolute atomic E-state index is 11.7. The number of hydrogen-bond acceptors (Lipinski definition) is 6. The van der Waals surface area contributed by atoms with Crippen molar-refractivity contribution >= 4 is 12.6 Å². The molecule has 0 bridgehead atoms. The fourth-order valence-electron chi connectivity index (χ4n) is 2.26. The van der Waals surface area contributed by atoms with Crippen LogP contribution in [0.2, 0.25) is 0 Å². The van der Waals surface area contributed by atoms with E-state index in [2.05, 4.69) is 25.4 Å². The number of ether oxygens (including phenoxy) is 2. The summed E-state index contributed by atoms with van der Waals surface area (Å²) in [4.78, 5) is 24.1. The molecule has 1 aliphatic rings. The van der Waals surface area contributed by atoms with E-state index >= 15 is 0 Å². The second-order valence-corrected chi connectivity index (χ2v) is 6.90. The van der Waals surface area contributed by atoms with Crippen LogP contribution in [-0.4, -0.2) is 43.3 Å². The Morgan fingerprint density at radius 1 is 1.41 bits per heavy atom. The van der Waals surface area contributed by atoms with E-state index in [-0.39, 0.29) is 24.3 Å². The Labute approximate surface area is 159 Å². The summed E-state index contributed by atoms with van der Waals surface area (Å²) < 4.78 is 9.70. The van der Waals surface area contributed by atoms with Gasteiger partial charge in [0.05, 0.1) is 6.04 Å². The number of piperidine rings is 1. The molecule has 0 aromatic heterocycles. The number of nitrogens with one attached hydrogen (secondary N) is 2. The van der Waals surface area contributed by atoms with Crippen molar-refractivity contribution in [3.8, 4) is 0 Å². The molecule has 2 rings (SSSR count). The Balaban J connectivity index is 0.000000445. The van der Waals surface area contributed by atoms with Gasteiger partial charge in [-0.15, -0.1) is 0 Å². The van der Waals surface area contributed by atoms with Crippen molar-refractivity contribution in [3.05, 3.63) is 46.3 Å². The van der Waals surface area contributed by atoms with Gasteiger partial charge in [-0.1, -0.05) is 35.4 Å². The number of nitrogens with zero attached hydrogens (tertiary/aromatic N) is 3. The molecular weight excluding hydrogens is 350 g/mol. The van der Waals surface area contributed by atoms with E-state index in [0.717, 1.165) is 12.1 Å². The van der Waals surface area contributed by atoms with Crippen LogP contribution in [0.15, 0.2) is 35.4 Å². The molecule has 2 N–H and O–H groups in total. The van der Waals surface area contributed by atoms with Gasteiger partial charge in [-0.25, -0.2) is 4.79 Å². The number of amides is 1. The molecule has 1 saturated heterocycles. The van der Waals surface area contributed by atoms with Crippen molar-refractivity contribution in [2.45, 2.75) is 51.5 Å². The highest BCUT2D eigenvalue weighted by Gasteiger charge is 2.25. The third-order valence-electron chi connectivity index (χ3n) is 3.57. The van der Waals surface area contributed by atoms with Crippen molar-refractivity contribution in [2.75, 3.05) is 13.1 Å².